The van der Waals surface area contributed by atoms with Crippen LogP contribution in [0.15, 0.2) is 18.2 Å². The van der Waals surface area contributed by atoms with Crippen LogP contribution in [0.25, 0.3) is 0 Å². The van der Waals surface area contributed by atoms with Gasteiger partial charge in [0.25, 0.3) is 0 Å². The number of rotatable bonds is 9. The summed E-state index contributed by atoms with van der Waals surface area (Å²) in [7, 11) is 2.26. The number of carbonyl (C=O) groups excluding carboxylic acids is 6. The van der Waals surface area contributed by atoms with Gasteiger partial charge in [0.2, 0.25) is 12.4 Å². The molecule has 1 aromatic carbocycles. The molecule has 14 heteroatoms. The first kappa shape index (κ1) is 30.0. The molecular formula is C24H28O14. The van der Waals surface area contributed by atoms with Gasteiger partial charge in [-0.05, 0) is 18.2 Å². The van der Waals surface area contributed by atoms with Crippen LogP contribution in [0.4, 0.5) is 0 Å². The minimum atomic E-state index is -1.57. The number of hydrogen-bond acceptors (Lipinski definition) is 14. The van der Waals surface area contributed by atoms with Gasteiger partial charge in [0, 0.05) is 27.7 Å². The Morgan fingerprint density at radius 2 is 1.16 bits per heavy atom. The third kappa shape index (κ3) is 8.16. The van der Waals surface area contributed by atoms with Crippen LogP contribution in [-0.2, 0) is 52.3 Å². The Balaban J connectivity index is 2.59. The molecule has 5 atom stereocenters. The van der Waals surface area contributed by atoms with Crippen LogP contribution in [0.2, 0.25) is 0 Å². The lowest BCUT2D eigenvalue weighted by molar-refractivity contribution is -0.288. The Morgan fingerprint density at radius 3 is 1.61 bits per heavy atom. The zero-order valence-corrected chi connectivity index (χ0v) is 21.5. The highest BCUT2D eigenvalue weighted by molar-refractivity contribution is 5.96. The minimum absolute atomic E-state index is 0.0870. The van der Waals surface area contributed by atoms with Gasteiger partial charge in [-0.2, -0.15) is 0 Å². The van der Waals surface area contributed by atoms with E-state index < -0.39 is 73.1 Å². The van der Waals surface area contributed by atoms with Gasteiger partial charge in [-0.3, -0.25) is 19.2 Å². The molecule has 1 fully saturated rings. The van der Waals surface area contributed by atoms with Crippen molar-refractivity contribution >= 4 is 35.8 Å². The average Bonchev–Trinajstić information content (AvgIpc) is 2.84. The molecule has 1 aromatic rings. The van der Waals surface area contributed by atoms with Gasteiger partial charge >= 0.3 is 35.8 Å². The fourth-order valence-corrected chi connectivity index (χ4v) is 3.56. The van der Waals surface area contributed by atoms with Gasteiger partial charge in [-0.15, -0.1) is 0 Å². The number of benzene rings is 1. The summed E-state index contributed by atoms with van der Waals surface area (Å²) in [5, 5.41) is 0. The van der Waals surface area contributed by atoms with E-state index in [0.717, 1.165) is 41.9 Å². The smallest absolute Gasteiger partial charge is 0.338 e. The highest BCUT2D eigenvalue weighted by Crippen LogP contribution is 2.31. The predicted molar refractivity (Wildman–Crippen MR) is 122 cm³/mol. The lowest BCUT2D eigenvalue weighted by Crippen LogP contribution is -2.63. The Kier molecular flexibility index (Phi) is 10.6. The fourth-order valence-electron chi connectivity index (χ4n) is 3.56. The van der Waals surface area contributed by atoms with Crippen LogP contribution in [0.3, 0.4) is 0 Å². The molecule has 2 rings (SSSR count). The maximum absolute atomic E-state index is 12.2. The molecule has 208 valence electrons. The molecule has 0 saturated carbocycles. The van der Waals surface area contributed by atoms with E-state index >= 15 is 0 Å². The molecule has 0 aromatic heterocycles. The average molecular weight is 540 g/mol. The molecule has 0 unspecified atom stereocenters. The highest BCUT2D eigenvalue weighted by atomic mass is 16.7. The van der Waals surface area contributed by atoms with Crippen molar-refractivity contribution in [3.8, 4) is 5.75 Å². The van der Waals surface area contributed by atoms with Crippen molar-refractivity contribution in [2.24, 2.45) is 0 Å². The van der Waals surface area contributed by atoms with Crippen LogP contribution >= 0.6 is 0 Å². The van der Waals surface area contributed by atoms with Crippen molar-refractivity contribution < 1.29 is 66.7 Å². The maximum Gasteiger partial charge on any atom is 0.338 e. The molecule has 1 heterocycles. The summed E-state index contributed by atoms with van der Waals surface area (Å²) in [6.45, 7) is 3.90. The number of ether oxygens (including phenoxy) is 8. The summed E-state index contributed by atoms with van der Waals surface area (Å²) >= 11 is 0. The van der Waals surface area contributed by atoms with Gasteiger partial charge in [-0.1, -0.05) is 0 Å². The van der Waals surface area contributed by atoms with Crippen LogP contribution in [0.5, 0.6) is 5.75 Å². The van der Waals surface area contributed by atoms with Gasteiger partial charge < -0.3 is 37.9 Å². The fraction of sp³-hybridized carbons (Fsp3) is 0.500. The second kappa shape index (κ2) is 13.4. The molecule has 0 N–H and O–H groups in total. The molecule has 0 radical (unpaired) electrons. The number of hydrogen-bond donors (Lipinski definition) is 0. The first-order valence-corrected chi connectivity index (χ1v) is 11.1. The second-order valence-electron chi connectivity index (χ2n) is 7.91. The second-order valence-corrected chi connectivity index (χ2v) is 7.91. The lowest BCUT2D eigenvalue weighted by Gasteiger charge is -2.43. The zero-order chi connectivity index (χ0) is 28.6. The van der Waals surface area contributed by atoms with Crippen molar-refractivity contribution in [3.63, 3.8) is 0 Å². The van der Waals surface area contributed by atoms with E-state index in [-0.39, 0.29) is 16.9 Å². The summed E-state index contributed by atoms with van der Waals surface area (Å²) in [6, 6.07) is 3.64. The third-order valence-electron chi connectivity index (χ3n) is 4.95. The number of esters is 6. The van der Waals surface area contributed by atoms with Crippen molar-refractivity contribution in [2.75, 3.05) is 20.8 Å². The van der Waals surface area contributed by atoms with E-state index in [1.165, 1.54) is 18.2 Å². The molecule has 0 bridgehead atoms. The molecule has 38 heavy (non-hydrogen) atoms. The van der Waals surface area contributed by atoms with Crippen LogP contribution < -0.4 is 4.74 Å². The minimum Gasteiger partial charge on any atom is -0.465 e. The lowest BCUT2D eigenvalue weighted by atomic mass is 9.98. The summed E-state index contributed by atoms with van der Waals surface area (Å²) in [4.78, 5) is 71.5. The summed E-state index contributed by atoms with van der Waals surface area (Å²) < 4.78 is 42.1. The Hall–Kier alpha value is -4.20. The quantitative estimate of drug-likeness (QED) is 0.316. The van der Waals surface area contributed by atoms with Crippen molar-refractivity contribution in [1.82, 2.24) is 0 Å². The molecule has 14 nitrogen and oxygen atoms in total. The molecule has 0 amide bonds. The van der Waals surface area contributed by atoms with Crippen molar-refractivity contribution in [3.05, 3.63) is 29.3 Å². The van der Waals surface area contributed by atoms with Crippen LogP contribution in [-0.4, -0.2) is 87.3 Å². The van der Waals surface area contributed by atoms with E-state index in [4.69, 9.17) is 37.9 Å². The molecular weight excluding hydrogens is 512 g/mol. The standard InChI is InChI=1S/C24H28O14/c1-11(25)33-10-18-19(34-12(2)26)20(35-13(3)27)21(36-14(4)28)24(38-18)37-17-8-15(22(29)31-5)7-16(9-17)23(30)32-6/h7-9,18-21,24H,10H2,1-6H3/t18-,19-,20+,21+,24+/m1/s1. The van der Waals surface area contributed by atoms with Crippen molar-refractivity contribution in [2.45, 2.75) is 58.4 Å². The third-order valence-corrected chi connectivity index (χ3v) is 4.95. The maximum atomic E-state index is 12.2. The van der Waals surface area contributed by atoms with E-state index in [1.807, 2.05) is 0 Å². The summed E-state index contributed by atoms with van der Waals surface area (Å²) in [5.74, 6) is -4.87. The van der Waals surface area contributed by atoms with Crippen LogP contribution in [0.1, 0.15) is 48.4 Å². The Bertz CT molecular complexity index is 1050. The van der Waals surface area contributed by atoms with E-state index in [0.29, 0.717) is 0 Å². The van der Waals surface area contributed by atoms with E-state index in [9.17, 15) is 28.8 Å². The first-order valence-electron chi connectivity index (χ1n) is 11.1. The SMILES string of the molecule is COC(=O)c1cc(O[C@H]2O[C@H](COC(C)=O)[C@@H](OC(C)=O)[C@H](OC(C)=O)[C@@H]2OC(C)=O)cc(C(=O)OC)c1. The highest BCUT2D eigenvalue weighted by Gasteiger charge is 2.53. The van der Waals surface area contributed by atoms with E-state index in [1.54, 1.807) is 0 Å². The summed E-state index contributed by atoms with van der Waals surface area (Å²) in [5.41, 5.74) is -0.174. The zero-order valence-electron chi connectivity index (χ0n) is 21.5. The normalized spacial score (nSPS) is 22.3. The number of methoxy groups -OCH3 is 2. The topological polar surface area (TPSA) is 176 Å². The van der Waals surface area contributed by atoms with Crippen molar-refractivity contribution in [1.29, 1.82) is 0 Å². The van der Waals surface area contributed by atoms with Gasteiger partial charge in [-0.25, -0.2) is 9.59 Å². The van der Waals surface area contributed by atoms with Gasteiger partial charge in [0.15, 0.2) is 12.2 Å². The van der Waals surface area contributed by atoms with Gasteiger partial charge in [0.05, 0.1) is 25.3 Å². The van der Waals surface area contributed by atoms with E-state index in [2.05, 4.69) is 0 Å². The summed E-state index contributed by atoms with van der Waals surface area (Å²) in [6.07, 6.45) is -7.20. The molecule has 0 spiro atoms. The molecule has 0 aliphatic carbocycles. The molecule has 1 aliphatic heterocycles. The Morgan fingerprint density at radius 1 is 0.684 bits per heavy atom. The predicted octanol–water partition coefficient (Wildman–Crippen LogP) is 0.722. The molecule has 1 saturated heterocycles. The largest absolute Gasteiger partial charge is 0.465 e. The number of carbonyl (C=O) groups is 6. The molecule has 1 aliphatic rings. The van der Waals surface area contributed by atoms with Gasteiger partial charge in [0.1, 0.15) is 18.5 Å². The Labute approximate surface area is 217 Å². The first-order chi connectivity index (χ1) is 17.9. The monoisotopic (exact) mass is 540 g/mol. The van der Waals surface area contributed by atoms with Crippen LogP contribution in [0, 0.1) is 0 Å².